The SMILES string of the molecule is O=C(Nc1ccc(-c2nc3ccccc3o2)cc1)N[C@@H]1CCC[C@@H]1O. The maximum Gasteiger partial charge on any atom is 0.319 e. The van der Waals surface area contributed by atoms with Gasteiger partial charge in [0.2, 0.25) is 5.89 Å². The number of aliphatic hydroxyl groups excluding tert-OH is 1. The van der Waals surface area contributed by atoms with E-state index in [-0.39, 0.29) is 12.1 Å². The van der Waals surface area contributed by atoms with Gasteiger partial charge >= 0.3 is 6.03 Å². The minimum Gasteiger partial charge on any atom is -0.436 e. The topological polar surface area (TPSA) is 87.4 Å². The van der Waals surface area contributed by atoms with Gasteiger partial charge in [0.15, 0.2) is 5.58 Å². The smallest absolute Gasteiger partial charge is 0.319 e. The first-order chi connectivity index (χ1) is 12.2. The first kappa shape index (κ1) is 15.7. The Balaban J connectivity index is 1.43. The largest absolute Gasteiger partial charge is 0.436 e. The molecule has 128 valence electrons. The second kappa shape index (κ2) is 6.57. The summed E-state index contributed by atoms with van der Waals surface area (Å²) in [5.41, 5.74) is 3.07. The summed E-state index contributed by atoms with van der Waals surface area (Å²) in [6, 6.07) is 14.4. The van der Waals surface area contributed by atoms with Gasteiger partial charge in [-0.05, 0) is 55.7 Å². The van der Waals surface area contributed by atoms with Crippen molar-refractivity contribution in [2.45, 2.75) is 31.4 Å². The molecule has 4 rings (SSSR count). The van der Waals surface area contributed by atoms with Crippen molar-refractivity contribution in [2.75, 3.05) is 5.32 Å². The number of anilines is 1. The molecule has 0 saturated heterocycles. The molecule has 2 amide bonds. The Kier molecular flexibility index (Phi) is 4.11. The van der Waals surface area contributed by atoms with Crippen molar-refractivity contribution in [1.29, 1.82) is 0 Å². The summed E-state index contributed by atoms with van der Waals surface area (Å²) in [7, 11) is 0. The van der Waals surface area contributed by atoms with E-state index < -0.39 is 6.10 Å². The van der Waals surface area contributed by atoms with E-state index in [2.05, 4.69) is 15.6 Å². The van der Waals surface area contributed by atoms with Gasteiger partial charge in [0.25, 0.3) is 0 Å². The van der Waals surface area contributed by atoms with Crippen LogP contribution in [0.4, 0.5) is 10.5 Å². The molecule has 3 N–H and O–H groups in total. The molecule has 6 nitrogen and oxygen atoms in total. The number of nitrogens with one attached hydrogen (secondary N) is 2. The number of benzene rings is 2. The normalized spacial score (nSPS) is 19.9. The van der Waals surface area contributed by atoms with E-state index in [1.807, 2.05) is 36.4 Å². The molecule has 2 aromatic carbocycles. The highest BCUT2D eigenvalue weighted by Gasteiger charge is 2.26. The third-order valence-corrected chi connectivity index (χ3v) is 4.48. The van der Waals surface area contributed by atoms with Crippen molar-refractivity contribution < 1.29 is 14.3 Å². The lowest BCUT2D eigenvalue weighted by atomic mass is 10.2. The van der Waals surface area contributed by atoms with Gasteiger partial charge in [-0.1, -0.05) is 12.1 Å². The summed E-state index contributed by atoms with van der Waals surface area (Å²) < 4.78 is 5.74. The summed E-state index contributed by atoms with van der Waals surface area (Å²) in [4.78, 5) is 16.5. The molecule has 2 atom stereocenters. The number of nitrogens with zero attached hydrogens (tertiary/aromatic N) is 1. The van der Waals surface area contributed by atoms with Gasteiger partial charge in [0.1, 0.15) is 5.52 Å². The van der Waals surface area contributed by atoms with Crippen LogP contribution in [-0.4, -0.2) is 28.3 Å². The van der Waals surface area contributed by atoms with Crippen molar-refractivity contribution in [3.05, 3.63) is 48.5 Å². The highest BCUT2D eigenvalue weighted by atomic mass is 16.3. The molecule has 6 heteroatoms. The molecule has 0 bridgehead atoms. The number of carbonyl (C=O) groups is 1. The third-order valence-electron chi connectivity index (χ3n) is 4.48. The standard InChI is InChI=1S/C19H19N3O3/c23-16-6-3-5-14(16)22-19(24)20-13-10-8-12(9-11-13)18-21-15-4-1-2-7-17(15)25-18/h1-2,4,7-11,14,16,23H,3,5-6H2,(H2,20,22,24)/t14-,16+/m1/s1. The van der Waals surface area contributed by atoms with E-state index in [1.54, 1.807) is 12.1 Å². The van der Waals surface area contributed by atoms with E-state index in [0.717, 1.165) is 35.9 Å². The summed E-state index contributed by atoms with van der Waals surface area (Å²) >= 11 is 0. The molecule has 1 fully saturated rings. The van der Waals surface area contributed by atoms with Crippen LogP contribution in [0.1, 0.15) is 19.3 Å². The maximum atomic E-state index is 12.0. The van der Waals surface area contributed by atoms with E-state index in [1.165, 1.54) is 0 Å². The second-order valence-electron chi connectivity index (χ2n) is 6.27. The van der Waals surface area contributed by atoms with Crippen LogP contribution in [0.15, 0.2) is 52.9 Å². The zero-order valence-electron chi connectivity index (χ0n) is 13.6. The number of carbonyl (C=O) groups excluding carboxylic acids is 1. The van der Waals surface area contributed by atoms with Crippen LogP contribution in [0.25, 0.3) is 22.6 Å². The summed E-state index contributed by atoms with van der Waals surface area (Å²) in [6.45, 7) is 0. The number of fused-ring (bicyclic) bond motifs is 1. The summed E-state index contributed by atoms with van der Waals surface area (Å²) in [5.74, 6) is 0.547. The Morgan fingerprint density at radius 2 is 1.92 bits per heavy atom. The number of amides is 2. The van der Waals surface area contributed by atoms with Crippen molar-refractivity contribution in [1.82, 2.24) is 10.3 Å². The van der Waals surface area contributed by atoms with Crippen molar-refractivity contribution in [3.8, 4) is 11.5 Å². The fourth-order valence-corrected chi connectivity index (χ4v) is 3.14. The quantitative estimate of drug-likeness (QED) is 0.682. The molecule has 3 aromatic rings. The minimum absolute atomic E-state index is 0.168. The van der Waals surface area contributed by atoms with Gasteiger partial charge in [0, 0.05) is 11.3 Å². The van der Waals surface area contributed by atoms with Gasteiger partial charge in [-0.3, -0.25) is 0 Å². The summed E-state index contributed by atoms with van der Waals surface area (Å²) in [6.07, 6.45) is 2.04. The minimum atomic E-state index is -0.452. The van der Waals surface area contributed by atoms with Crippen LogP contribution in [0.3, 0.4) is 0 Å². The Hall–Kier alpha value is -2.86. The van der Waals surface area contributed by atoms with Gasteiger partial charge in [-0.25, -0.2) is 9.78 Å². The fourth-order valence-electron chi connectivity index (χ4n) is 3.14. The first-order valence-corrected chi connectivity index (χ1v) is 8.41. The molecule has 25 heavy (non-hydrogen) atoms. The number of aliphatic hydroxyl groups is 1. The van der Waals surface area contributed by atoms with Gasteiger partial charge < -0.3 is 20.2 Å². The number of urea groups is 1. The van der Waals surface area contributed by atoms with Crippen LogP contribution in [0.2, 0.25) is 0 Å². The zero-order valence-corrected chi connectivity index (χ0v) is 13.6. The van der Waals surface area contributed by atoms with Crippen LogP contribution in [-0.2, 0) is 0 Å². The molecule has 0 unspecified atom stereocenters. The lowest BCUT2D eigenvalue weighted by Gasteiger charge is -2.16. The van der Waals surface area contributed by atoms with Gasteiger partial charge in [-0.2, -0.15) is 0 Å². The number of para-hydroxylation sites is 2. The third kappa shape index (κ3) is 3.34. The highest BCUT2D eigenvalue weighted by molar-refractivity contribution is 5.89. The van der Waals surface area contributed by atoms with Crippen LogP contribution >= 0.6 is 0 Å². The predicted octanol–water partition coefficient (Wildman–Crippen LogP) is 3.53. The van der Waals surface area contributed by atoms with Gasteiger partial charge in [-0.15, -0.1) is 0 Å². The predicted molar refractivity (Wildman–Crippen MR) is 95.2 cm³/mol. The van der Waals surface area contributed by atoms with Crippen LogP contribution in [0, 0.1) is 0 Å². The number of hydrogen-bond donors (Lipinski definition) is 3. The maximum absolute atomic E-state index is 12.0. The van der Waals surface area contributed by atoms with E-state index >= 15 is 0 Å². The molecule has 1 aliphatic rings. The van der Waals surface area contributed by atoms with E-state index in [4.69, 9.17) is 4.42 Å². The van der Waals surface area contributed by atoms with Gasteiger partial charge in [0.05, 0.1) is 12.1 Å². The summed E-state index contributed by atoms with van der Waals surface area (Å²) in [5, 5.41) is 15.4. The molecule has 1 saturated carbocycles. The fraction of sp³-hybridized carbons (Fsp3) is 0.263. The first-order valence-electron chi connectivity index (χ1n) is 8.41. The lowest BCUT2D eigenvalue weighted by Crippen LogP contribution is -2.42. The van der Waals surface area contributed by atoms with Crippen molar-refractivity contribution >= 4 is 22.8 Å². The molecule has 0 radical (unpaired) electrons. The average Bonchev–Trinajstić information content (AvgIpc) is 3.22. The Labute approximate surface area is 144 Å². The van der Waals surface area contributed by atoms with Crippen molar-refractivity contribution in [2.24, 2.45) is 0 Å². The number of oxazole rings is 1. The average molecular weight is 337 g/mol. The molecule has 0 spiro atoms. The number of aromatic nitrogens is 1. The number of rotatable bonds is 3. The Bertz CT molecular complexity index is 855. The van der Waals surface area contributed by atoms with E-state index in [9.17, 15) is 9.90 Å². The van der Waals surface area contributed by atoms with E-state index in [0.29, 0.717) is 11.6 Å². The van der Waals surface area contributed by atoms with Crippen LogP contribution in [0.5, 0.6) is 0 Å². The molecular weight excluding hydrogens is 318 g/mol. The van der Waals surface area contributed by atoms with Crippen molar-refractivity contribution in [3.63, 3.8) is 0 Å². The van der Waals surface area contributed by atoms with Crippen LogP contribution < -0.4 is 10.6 Å². The highest BCUT2D eigenvalue weighted by Crippen LogP contribution is 2.25. The lowest BCUT2D eigenvalue weighted by molar-refractivity contribution is 0.151. The second-order valence-corrected chi connectivity index (χ2v) is 6.27. The molecule has 1 aliphatic carbocycles. The number of hydrogen-bond acceptors (Lipinski definition) is 4. The molecule has 0 aliphatic heterocycles. The monoisotopic (exact) mass is 337 g/mol. The molecule has 1 heterocycles. The Morgan fingerprint density at radius 1 is 1.12 bits per heavy atom. The molecule has 1 aromatic heterocycles. The Morgan fingerprint density at radius 3 is 2.64 bits per heavy atom. The molecular formula is C19H19N3O3. The zero-order chi connectivity index (χ0) is 17.2.